The van der Waals surface area contributed by atoms with Crippen molar-refractivity contribution in [2.75, 3.05) is 16.8 Å². The smallest absolute Gasteiger partial charge is 0.263 e. The van der Waals surface area contributed by atoms with E-state index in [1.807, 2.05) is 32.0 Å². The molecular formula is C20H18ClN5O3. The number of para-hydroxylation sites is 1. The van der Waals surface area contributed by atoms with Gasteiger partial charge in [0.25, 0.3) is 11.8 Å². The van der Waals surface area contributed by atoms with E-state index in [1.54, 1.807) is 18.2 Å². The monoisotopic (exact) mass is 411 g/mol. The average molecular weight is 412 g/mol. The first-order valence-electron chi connectivity index (χ1n) is 9.03. The highest BCUT2D eigenvalue weighted by molar-refractivity contribution is 6.31. The van der Waals surface area contributed by atoms with Crippen LogP contribution in [0.3, 0.4) is 0 Å². The van der Waals surface area contributed by atoms with Crippen LogP contribution in [0.2, 0.25) is 5.02 Å². The summed E-state index contributed by atoms with van der Waals surface area (Å²) in [5.41, 5.74) is 2.95. The van der Waals surface area contributed by atoms with Crippen molar-refractivity contribution in [2.24, 2.45) is 10.3 Å². The van der Waals surface area contributed by atoms with Gasteiger partial charge in [-0.3, -0.25) is 19.4 Å². The summed E-state index contributed by atoms with van der Waals surface area (Å²) >= 11 is 5.98. The molecule has 3 amide bonds. The standard InChI is InChI=1S/C20H18ClN5O3/c1-11-5-3-6-12(2)16(11)22-15(27)10-25-18-17(23-24-25)19(28)26(20(18)29)14-8-4-7-13(21)9-14/h3-9,17-18H,10H2,1-2H3,(H,22,27)/t17-,18-/m0/s1. The third kappa shape index (κ3) is 3.36. The van der Waals surface area contributed by atoms with Gasteiger partial charge in [-0.15, -0.1) is 0 Å². The molecule has 2 heterocycles. The van der Waals surface area contributed by atoms with E-state index in [2.05, 4.69) is 15.7 Å². The number of rotatable bonds is 4. The summed E-state index contributed by atoms with van der Waals surface area (Å²) in [5, 5.41) is 12.3. The zero-order valence-corrected chi connectivity index (χ0v) is 16.6. The van der Waals surface area contributed by atoms with E-state index in [-0.39, 0.29) is 12.5 Å². The molecule has 0 aromatic heterocycles. The Balaban J connectivity index is 1.51. The Morgan fingerprint density at radius 1 is 1.10 bits per heavy atom. The zero-order valence-electron chi connectivity index (χ0n) is 15.8. The Bertz CT molecular complexity index is 1030. The van der Waals surface area contributed by atoms with Gasteiger partial charge >= 0.3 is 0 Å². The second kappa shape index (κ2) is 7.29. The van der Waals surface area contributed by atoms with Gasteiger partial charge in [-0.1, -0.05) is 41.1 Å². The van der Waals surface area contributed by atoms with Crippen molar-refractivity contribution in [3.05, 3.63) is 58.6 Å². The molecule has 1 fully saturated rings. The molecule has 4 rings (SSSR count). The summed E-state index contributed by atoms with van der Waals surface area (Å²) in [6.07, 6.45) is 0. The predicted octanol–water partition coefficient (Wildman–Crippen LogP) is 2.89. The molecule has 0 spiro atoms. The molecule has 2 aliphatic heterocycles. The number of aryl methyl sites for hydroxylation is 2. The first-order valence-corrected chi connectivity index (χ1v) is 9.41. The lowest BCUT2D eigenvalue weighted by molar-refractivity contribution is -0.123. The van der Waals surface area contributed by atoms with Gasteiger partial charge < -0.3 is 5.32 Å². The highest BCUT2D eigenvalue weighted by Crippen LogP contribution is 2.32. The molecule has 2 aliphatic rings. The summed E-state index contributed by atoms with van der Waals surface area (Å²) in [7, 11) is 0. The number of nitrogens with zero attached hydrogens (tertiary/aromatic N) is 4. The van der Waals surface area contributed by atoms with Crippen LogP contribution in [0, 0.1) is 13.8 Å². The SMILES string of the molecule is Cc1cccc(C)c1NC(=O)CN1N=N[C@@H]2C(=O)N(c3cccc(Cl)c3)C(=O)[C@H]21. The number of anilines is 2. The fraction of sp³-hybridized carbons (Fsp3) is 0.250. The maximum absolute atomic E-state index is 12.9. The van der Waals surface area contributed by atoms with Gasteiger partial charge in [-0.2, -0.15) is 5.11 Å². The lowest BCUT2D eigenvalue weighted by Gasteiger charge is -2.20. The van der Waals surface area contributed by atoms with E-state index in [4.69, 9.17) is 11.6 Å². The van der Waals surface area contributed by atoms with Crippen molar-refractivity contribution in [1.29, 1.82) is 0 Å². The van der Waals surface area contributed by atoms with Gasteiger partial charge in [0.1, 0.15) is 6.54 Å². The molecule has 9 heteroatoms. The second-order valence-corrected chi connectivity index (χ2v) is 7.44. The van der Waals surface area contributed by atoms with E-state index in [0.29, 0.717) is 10.7 Å². The molecule has 0 unspecified atom stereocenters. The Morgan fingerprint density at radius 2 is 1.79 bits per heavy atom. The maximum Gasteiger partial charge on any atom is 0.263 e. The van der Waals surface area contributed by atoms with Crippen LogP contribution in [-0.4, -0.2) is 41.4 Å². The van der Waals surface area contributed by atoms with E-state index in [0.717, 1.165) is 21.7 Å². The Labute approximate surface area is 172 Å². The lowest BCUT2D eigenvalue weighted by atomic mass is 10.1. The minimum Gasteiger partial charge on any atom is -0.324 e. The highest BCUT2D eigenvalue weighted by Gasteiger charge is 2.55. The lowest BCUT2D eigenvalue weighted by Crippen LogP contribution is -2.43. The van der Waals surface area contributed by atoms with Gasteiger partial charge in [-0.25, -0.2) is 4.90 Å². The number of carbonyl (C=O) groups is 3. The first-order chi connectivity index (χ1) is 13.9. The molecule has 0 bridgehead atoms. The molecule has 8 nitrogen and oxygen atoms in total. The van der Waals surface area contributed by atoms with Crippen LogP contribution in [0.5, 0.6) is 0 Å². The number of benzene rings is 2. The summed E-state index contributed by atoms with van der Waals surface area (Å²) in [6.45, 7) is 3.60. The zero-order chi connectivity index (χ0) is 20.7. The predicted molar refractivity (Wildman–Crippen MR) is 108 cm³/mol. The highest BCUT2D eigenvalue weighted by atomic mass is 35.5. The average Bonchev–Trinajstić information content (AvgIpc) is 3.18. The van der Waals surface area contributed by atoms with Crippen molar-refractivity contribution in [3.63, 3.8) is 0 Å². The number of hydrogen-bond acceptors (Lipinski definition) is 6. The number of nitrogens with one attached hydrogen (secondary N) is 1. The van der Waals surface area contributed by atoms with Gasteiger partial charge in [0.15, 0.2) is 12.1 Å². The summed E-state index contributed by atoms with van der Waals surface area (Å²) in [5.74, 6) is -1.31. The van der Waals surface area contributed by atoms with Crippen LogP contribution in [0.25, 0.3) is 0 Å². The van der Waals surface area contributed by atoms with E-state index in [9.17, 15) is 14.4 Å². The third-order valence-electron chi connectivity index (χ3n) is 4.98. The fourth-order valence-electron chi connectivity index (χ4n) is 3.56. The van der Waals surface area contributed by atoms with Gasteiger partial charge in [0, 0.05) is 10.7 Å². The Kier molecular flexibility index (Phi) is 4.79. The van der Waals surface area contributed by atoms with Crippen molar-refractivity contribution < 1.29 is 14.4 Å². The molecule has 0 radical (unpaired) electrons. The number of amides is 3. The molecule has 1 N–H and O–H groups in total. The van der Waals surface area contributed by atoms with E-state index in [1.165, 1.54) is 11.1 Å². The number of fused-ring (bicyclic) bond motifs is 1. The number of halogens is 1. The molecule has 0 aliphatic carbocycles. The molecule has 2 atom stereocenters. The van der Waals surface area contributed by atoms with Crippen LogP contribution < -0.4 is 10.2 Å². The molecule has 148 valence electrons. The summed E-state index contributed by atoms with van der Waals surface area (Å²) < 4.78 is 0. The first kappa shape index (κ1) is 19.1. The summed E-state index contributed by atoms with van der Waals surface area (Å²) in [6, 6.07) is 10.3. The van der Waals surface area contributed by atoms with E-state index >= 15 is 0 Å². The Hall–Kier alpha value is -3.26. The maximum atomic E-state index is 12.9. The van der Waals surface area contributed by atoms with Crippen LogP contribution in [0.4, 0.5) is 11.4 Å². The molecule has 2 aromatic rings. The molecule has 0 saturated carbocycles. The van der Waals surface area contributed by atoms with Crippen LogP contribution in [0.15, 0.2) is 52.8 Å². The Morgan fingerprint density at radius 3 is 2.48 bits per heavy atom. The number of carbonyl (C=O) groups excluding carboxylic acids is 3. The molecular weight excluding hydrogens is 394 g/mol. The normalized spacial score (nSPS) is 20.4. The van der Waals surface area contributed by atoms with E-state index < -0.39 is 23.9 Å². The van der Waals surface area contributed by atoms with Crippen LogP contribution in [0.1, 0.15) is 11.1 Å². The topological polar surface area (TPSA) is 94.4 Å². The molecule has 29 heavy (non-hydrogen) atoms. The number of hydrogen-bond donors (Lipinski definition) is 1. The summed E-state index contributed by atoms with van der Waals surface area (Å²) in [4.78, 5) is 39.3. The quantitative estimate of drug-likeness (QED) is 0.782. The van der Waals surface area contributed by atoms with Crippen molar-refractivity contribution in [2.45, 2.75) is 25.9 Å². The second-order valence-electron chi connectivity index (χ2n) is 7.00. The molecule has 2 aromatic carbocycles. The minimum absolute atomic E-state index is 0.194. The van der Waals surface area contributed by atoms with Gasteiger partial charge in [0.05, 0.1) is 5.69 Å². The largest absolute Gasteiger partial charge is 0.324 e. The van der Waals surface area contributed by atoms with Crippen molar-refractivity contribution >= 4 is 40.7 Å². The van der Waals surface area contributed by atoms with Gasteiger partial charge in [0.2, 0.25) is 5.91 Å². The minimum atomic E-state index is -0.963. The van der Waals surface area contributed by atoms with Crippen LogP contribution in [-0.2, 0) is 14.4 Å². The third-order valence-corrected chi connectivity index (χ3v) is 5.21. The molecule has 1 saturated heterocycles. The van der Waals surface area contributed by atoms with Gasteiger partial charge in [-0.05, 0) is 43.2 Å². The fourth-order valence-corrected chi connectivity index (χ4v) is 3.75. The van der Waals surface area contributed by atoms with Crippen molar-refractivity contribution in [1.82, 2.24) is 5.01 Å². The number of imide groups is 1. The van der Waals surface area contributed by atoms with Crippen molar-refractivity contribution in [3.8, 4) is 0 Å². The van der Waals surface area contributed by atoms with Crippen LogP contribution >= 0.6 is 11.6 Å².